The maximum Gasteiger partial charge on any atom is 0.169 e. The van der Waals surface area contributed by atoms with Crippen molar-refractivity contribution in [3.8, 4) is 0 Å². The van der Waals surface area contributed by atoms with Crippen LogP contribution in [0.2, 0.25) is 0 Å². The van der Waals surface area contributed by atoms with Gasteiger partial charge < -0.3 is 4.90 Å². The zero-order valence-corrected chi connectivity index (χ0v) is 11.6. The van der Waals surface area contributed by atoms with E-state index < -0.39 is 0 Å². The van der Waals surface area contributed by atoms with Crippen LogP contribution in [0.4, 0.5) is 0 Å². The molecule has 0 heterocycles. The van der Waals surface area contributed by atoms with E-state index in [4.69, 9.17) is 0 Å². The van der Waals surface area contributed by atoms with Gasteiger partial charge in [-0.05, 0) is 19.9 Å². The maximum atomic E-state index is 12.5. The highest BCUT2D eigenvalue weighted by atomic mass is 16.1. The van der Waals surface area contributed by atoms with Crippen molar-refractivity contribution >= 4 is 5.78 Å². The van der Waals surface area contributed by atoms with E-state index >= 15 is 0 Å². The van der Waals surface area contributed by atoms with E-state index in [1.807, 2.05) is 30.3 Å². The van der Waals surface area contributed by atoms with Gasteiger partial charge in [0.25, 0.3) is 0 Å². The number of ketones is 1. The highest BCUT2D eigenvalue weighted by Crippen LogP contribution is 2.29. The topological polar surface area (TPSA) is 20.3 Å². The van der Waals surface area contributed by atoms with Gasteiger partial charge in [-0.2, -0.15) is 0 Å². The zero-order chi connectivity index (χ0) is 13.2. The van der Waals surface area contributed by atoms with E-state index in [1.165, 1.54) is 19.3 Å². The quantitative estimate of drug-likeness (QED) is 0.741. The Morgan fingerprint density at radius 2 is 1.89 bits per heavy atom. The highest BCUT2D eigenvalue weighted by Gasteiger charge is 2.33. The predicted molar refractivity (Wildman–Crippen MR) is 74.8 cm³/mol. The second-order valence-electron chi connectivity index (χ2n) is 6.08. The van der Waals surface area contributed by atoms with Gasteiger partial charge in [-0.3, -0.25) is 4.79 Å². The van der Waals surface area contributed by atoms with Crippen LogP contribution in [-0.4, -0.2) is 30.3 Å². The minimum Gasteiger partial charge on any atom is -0.302 e. The first kappa shape index (κ1) is 13.3. The Bertz CT molecular complexity index is 406. The van der Waals surface area contributed by atoms with E-state index in [9.17, 15) is 4.79 Å². The molecule has 0 saturated heterocycles. The van der Waals surface area contributed by atoms with Gasteiger partial charge in [0.1, 0.15) is 0 Å². The summed E-state index contributed by atoms with van der Waals surface area (Å²) in [7, 11) is 2.14. The molecule has 0 aliphatic heterocycles. The van der Waals surface area contributed by atoms with Crippen molar-refractivity contribution in [2.45, 2.75) is 39.2 Å². The molecule has 98 valence electrons. The van der Waals surface area contributed by atoms with E-state index in [2.05, 4.69) is 25.8 Å². The molecule has 0 N–H and O–H groups in total. The smallest absolute Gasteiger partial charge is 0.169 e. The number of rotatable bonds is 5. The van der Waals surface area contributed by atoms with Crippen molar-refractivity contribution in [1.82, 2.24) is 4.90 Å². The number of hydrogen-bond donors (Lipinski definition) is 0. The molecule has 1 saturated carbocycles. The molecular formula is C16H23NO. The molecule has 18 heavy (non-hydrogen) atoms. The van der Waals surface area contributed by atoms with Gasteiger partial charge in [-0.25, -0.2) is 0 Å². The molecule has 2 heteroatoms. The van der Waals surface area contributed by atoms with Crippen molar-refractivity contribution in [2.24, 2.45) is 5.41 Å². The van der Waals surface area contributed by atoms with Crippen LogP contribution in [0.3, 0.4) is 0 Å². The van der Waals surface area contributed by atoms with Crippen molar-refractivity contribution in [3.63, 3.8) is 0 Å². The third-order valence-corrected chi connectivity index (χ3v) is 3.99. The fourth-order valence-corrected chi connectivity index (χ4v) is 2.63. The Kier molecular flexibility index (Phi) is 3.86. The van der Waals surface area contributed by atoms with Crippen LogP contribution >= 0.6 is 0 Å². The van der Waals surface area contributed by atoms with Crippen molar-refractivity contribution in [3.05, 3.63) is 35.9 Å². The number of carbonyl (C=O) groups is 1. The molecule has 1 aliphatic rings. The summed E-state index contributed by atoms with van der Waals surface area (Å²) in [5.41, 5.74) is 0.510. The summed E-state index contributed by atoms with van der Waals surface area (Å²) in [5, 5.41) is 0. The van der Waals surface area contributed by atoms with Gasteiger partial charge in [0.2, 0.25) is 0 Å². The summed E-state index contributed by atoms with van der Waals surface area (Å²) in [5.74, 6) is 0.245. The zero-order valence-electron chi connectivity index (χ0n) is 11.6. The Morgan fingerprint density at radius 3 is 2.39 bits per heavy atom. The van der Waals surface area contributed by atoms with Gasteiger partial charge >= 0.3 is 0 Å². The Hall–Kier alpha value is -1.15. The van der Waals surface area contributed by atoms with Gasteiger partial charge in [0, 0.05) is 23.6 Å². The third kappa shape index (κ3) is 2.81. The summed E-state index contributed by atoms with van der Waals surface area (Å²) < 4.78 is 0. The number of benzene rings is 1. The van der Waals surface area contributed by atoms with E-state index in [0.29, 0.717) is 6.04 Å². The van der Waals surface area contributed by atoms with Gasteiger partial charge in [-0.15, -0.1) is 0 Å². The van der Waals surface area contributed by atoms with Crippen LogP contribution in [0.5, 0.6) is 0 Å². The summed E-state index contributed by atoms with van der Waals surface area (Å²) in [4.78, 5) is 14.9. The molecule has 0 unspecified atom stereocenters. The highest BCUT2D eigenvalue weighted by molar-refractivity contribution is 6.00. The summed E-state index contributed by atoms with van der Waals surface area (Å²) in [6, 6.07) is 10.3. The SMILES string of the molecule is CN(CC(C)(C)C(=O)c1ccccc1)C1CCC1. The fourth-order valence-electron chi connectivity index (χ4n) is 2.63. The summed E-state index contributed by atoms with van der Waals surface area (Å²) >= 11 is 0. The third-order valence-electron chi connectivity index (χ3n) is 3.99. The summed E-state index contributed by atoms with van der Waals surface area (Å²) in [6.45, 7) is 4.94. The molecule has 0 aromatic heterocycles. The minimum atomic E-state index is -0.314. The fraction of sp³-hybridized carbons (Fsp3) is 0.562. The van der Waals surface area contributed by atoms with Crippen LogP contribution < -0.4 is 0 Å². The van der Waals surface area contributed by atoms with Crippen LogP contribution in [0, 0.1) is 5.41 Å². The Labute approximate surface area is 110 Å². The van der Waals surface area contributed by atoms with Crippen molar-refractivity contribution < 1.29 is 4.79 Å². The molecule has 2 nitrogen and oxygen atoms in total. The normalized spacial score (nSPS) is 16.7. The second-order valence-corrected chi connectivity index (χ2v) is 6.08. The molecule has 0 bridgehead atoms. The molecule has 0 radical (unpaired) electrons. The molecule has 1 aliphatic carbocycles. The van der Waals surface area contributed by atoms with Crippen LogP contribution in [0.1, 0.15) is 43.5 Å². The van der Waals surface area contributed by atoms with E-state index in [-0.39, 0.29) is 11.2 Å². The molecule has 1 aromatic rings. The Balaban J connectivity index is 2.03. The number of Topliss-reactive ketones (excluding diaryl/α,β-unsaturated/α-hetero) is 1. The molecule has 0 atom stereocenters. The predicted octanol–water partition coefficient (Wildman–Crippen LogP) is 3.38. The summed E-state index contributed by atoms with van der Waals surface area (Å²) in [6.07, 6.45) is 3.90. The lowest BCUT2D eigenvalue weighted by Crippen LogP contribution is -2.45. The van der Waals surface area contributed by atoms with E-state index in [0.717, 1.165) is 12.1 Å². The second kappa shape index (κ2) is 5.23. The molecular weight excluding hydrogens is 222 g/mol. The number of nitrogens with zero attached hydrogens (tertiary/aromatic N) is 1. The first-order valence-electron chi connectivity index (χ1n) is 6.81. The average molecular weight is 245 g/mol. The van der Waals surface area contributed by atoms with Crippen LogP contribution in [-0.2, 0) is 0 Å². The monoisotopic (exact) mass is 245 g/mol. The lowest BCUT2D eigenvalue weighted by atomic mass is 9.82. The van der Waals surface area contributed by atoms with Crippen LogP contribution in [0.15, 0.2) is 30.3 Å². The maximum absolute atomic E-state index is 12.5. The number of hydrogen-bond acceptors (Lipinski definition) is 2. The molecule has 0 amide bonds. The van der Waals surface area contributed by atoms with Crippen LogP contribution in [0.25, 0.3) is 0 Å². The molecule has 0 spiro atoms. The van der Waals surface area contributed by atoms with Crippen molar-refractivity contribution in [1.29, 1.82) is 0 Å². The molecule has 1 aromatic carbocycles. The first-order chi connectivity index (χ1) is 8.50. The average Bonchev–Trinajstić information content (AvgIpc) is 2.26. The van der Waals surface area contributed by atoms with Gasteiger partial charge in [0.15, 0.2) is 5.78 Å². The Morgan fingerprint density at radius 1 is 1.28 bits per heavy atom. The lowest BCUT2D eigenvalue weighted by molar-refractivity contribution is 0.0685. The van der Waals surface area contributed by atoms with Gasteiger partial charge in [0.05, 0.1) is 0 Å². The van der Waals surface area contributed by atoms with E-state index in [1.54, 1.807) is 0 Å². The largest absolute Gasteiger partial charge is 0.302 e. The lowest BCUT2D eigenvalue weighted by Gasteiger charge is -2.39. The van der Waals surface area contributed by atoms with Gasteiger partial charge in [-0.1, -0.05) is 50.6 Å². The standard InChI is InChI=1S/C16H23NO/c1-16(2,12-17(3)14-10-7-11-14)15(18)13-8-5-4-6-9-13/h4-6,8-9,14H,7,10-12H2,1-3H3. The van der Waals surface area contributed by atoms with Crippen molar-refractivity contribution in [2.75, 3.05) is 13.6 Å². The number of carbonyl (C=O) groups excluding carboxylic acids is 1. The molecule has 2 rings (SSSR count). The minimum absolute atomic E-state index is 0.245. The first-order valence-corrected chi connectivity index (χ1v) is 6.81. The molecule has 1 fully saturated rings.